The van der Waals surface area contributed by atoms with Crippen LogP contribution in [-0.2, 0) is 12.6 Å². The fourth-order valence-corrected chi connectivity index (χ4v) is 1.10. The van der Waals surface area contributed by atoms with Gasteiger partial charge < -0.3 is 0 Å². The van der Waals surface area contributed by atoms with Gasteiger partial charge in [0, 0.05) is 12.4 Å². The van der Waals surface area contributed by atoms with E-state index in [9.17, 15) is 13.2 Å². The van der Waals surface area contributed by atoms with E-state index in [1.165, 1.54) is 0 Å². The van der Waals surface area contributed by atoms with Crippen LogP contribution in [0.4, 0.5) is 13.2 Å². The summed E-state index contributed by atoms with van der Waals surface area (Å²) in [5.74, 6) is 0. The van der Waals surface area contributed by atoms with Crippen LogP contribution >= 0.6 is 0 Å². The summed E-state index contributed by atoms with van der Waals surface area (Å²) in [6, 6.07) is 3.17. The molecule has 76 valence electrons. The van der Waals surface area contributed by atoms with Crippen molar-refractivity contribution in [2.45, 2.75) is 12.6 Å². The van der Waals surface area contributed by atoms with E-state index < -0.39 is 18.2 Å². The molecular formula is C9H4F3N3. The second-order valence-corrected chi connectivity index (χ2v) is 2.66. The van der Waals surface area contributed by atoms with Gasteiger partial charge in [0.25, 0.3) is 0 Å². The van der Waals surface area contributed by atoms with E-state index in [4.69, 9.17) is 10.5 Å². The Kier molecular flexibility index (Phi) is 2.91. The second-order valence-electron chi connectivity index (χ2n) is 2.66. The van der Waals surface area contributed by atoms with Crippen LogP contribution in [0.15, 0.2) is 12.4 Å². The van der Waals surface area contributed by atoms with Gasteiger partial charge in [0.1, 0.15) is 6.07 Å². The van der Waals surface area contributed by atoms with Crippen molar-refractivity contribution in [1.82, 2.24) is 4.98 Å². The molecule has 0 saturated heterocycles. The molecule has 1 heterocycles. The normalized spacial score (nSPS) is 10.5. The Morgan fingerprint density at radius 1 is 1.27 bits per heavy atom. The molecule has 0 spiro atoms. The van der Waals surface area contributed by atoms with Gasteiger partial charge in [-0.1, -0.05) is 0 Å². The fraction of sp³-hybridized carbons (Fsp3) is 0.222. The summed E-state index contributed by atoms with van der Waals surface area (Å²) >= 11 is 0. The third-order valence-electron chi connectivity index (χ3n) is 1.74. The van der Waals surface area contributed by atoms with Crippen LogP contribution in [0.5, 0.6) is 0 Å². The maximum atomic E-state index is 12.4. The van der Waals surface area contributed by atoms with E-state index in [-0.39, 0.29) is 11.1 Å². The van der Waals surface area contributed by atoms with Gasteiger partial charge in [-0.05, 0) is 5.56 Å². The molecule has 0 N–H and O–H groups in total. The summed E-state index contributed by atoms with van der Waals surface area (Å²) in [5.41, 5.74) is -1.56. The van der Waals surface area contributed by atoms with E-state index in [1.54, 1.807) is 12.1 Å². The second kappa shape index (κ2) is 3.97. The summed E-state index contributed by atoms with van der Waals surface area (Å²) in [6.45, 7) is 0. The van der Waals surface area contributed by atoms with Crippen molar-refractivity contribution in [3.63, 3.8) is 0 Å². The van der Waals surface area contributed by atoms with E-state index in [1.807, 2.05) is 0 Å². The molecule has 0 unspecified atom stereocenters. The Balaban J connectivity index is 3.41. The topological polar surface area (TPSA) is 60.5 Å². The Morgan fingerprint density at radius 2 is 1.93 bits per heavy atom. The molecule has 0 atom stereocenters. The molecule has 0 aliphatic rings. The highest BCUT2D eigenvalue weighted by molar-refractivity contribution is 5.42. The van der Waals surface area contributed by atoms with Gasteiger partial charge in [-0.2, -0.15) is 23.7 Å². The molecule has 6 heteroatoms. The highest BCUT2D eigenvalue weighted by atomic mass is 19.4. The number of halogens is 3. The highest BCUT2D eigenvalue weighted by Crippen LogP contribution is 2.32. The Bertz CT molecular complexity index is 451. The first-order valence-electron chi connectivity index (χ1n) is 3.82. The molecule has 1 aromatic heterocycles. The van der Waals surface area contributed by atoms with Crippen LogP contribution < -0.4 is 0 Å². The molecule has 0 aromatic carbocycles. The lowest BCUT2D eigenvalue weighted by atomic mass is 10.0. The first kappa shape index (κ1) is 11.0. The predicted molar refractivity (Wildman–Crippen MR) is 43.3 cm³/mol. The van der Waals surface area contributed by atoms with Gasteiger partial charge in [-0.25, -0.2) is 0 Å². The highest BCUT2D eigenvalue weighted by Gasteiger charge is 2.34. The van der Waals surface area contributed by atoms with Crippen molar-refractivity contribution >= 4 is 0 Å². The molecule has 1 aromatic rings. The van der Waals surface area contributed by atoms with Crippen LogP contribution in [-0.4, -0.2) is 4.98 Å². The third-order valence-corrected chi connectivity index (χ3v) is 1.74. The number of aromatic nitrogens is 1. The van der Waals surface area contributed by atoms with Crippen LogP contribution in [0.3, 0.4) is 0 Å². The Morgan fingerprint density at radius 3 is 2.40 bits per heavy atom. The number of hydrogen-bond donors (Lipinski definition) is 0. The molecular weight excluding hydrogens is 207 g/mol. The SMILES string of the molecule is N#CCc1c(C#N)cncc1C(F)(F)F. The zero-order chi connectivity index (χ0) is 11.5. The first-order chi connectivity index (χ1) is 7.00. The Hall–Kier alpha value is -2.08. The molecule has 0 radical (unpaired) electrons. The number of pyridine rings is 1. The van der Waals surface area contributed by atoms with Gasteiger partial charge in [0.15, 0.2) is 0 Å². The molecule has 0 fully saturated rings. The Labute approximate surface area is 83.4 Å². The summed E-state index contributed by atoms with van der Waals surface area (Å²) in [7, 11) is 0. The van der Waals surface area contributed by atoms with Crippen LogP contribution in [0.25, 0.3) is 0 Å². The number of nitriles is 2. The van der Waals surface area contributed by atoms with E-state index in [0.717, 1.165) is 6.20 Å². The molecule has 0 amide bonds. The molecule has 0 aliphatic carbocycles. The average molecular weight is 211 g/mol. The smallest absolute Gasteiger partial charge is 0.263 e. The fourth-order valence-electron chi connectivity index (χ4n) is 1.10. The van der Waals surface area contributed by atoms with Crippen molar-refractivity contribution < 1.29 is 13.2 Å². The monoisotopic (exact) mass is 211 g/mol. The van der Waals surface area contributed by atoms with Crippen LogP contribution in [0.1, 0.15) is 16.7 Å². The minimum atomic E-state index is -4.59. The number of hydrogen-bond acceptors (Lipinski definition) is 3. The summed E-state index contributed by atoms with van der Waals surface area (Å²) in [5, 5.41) is 17.0. The minimum absolute atomic E-state index is 0.216. The summed E-state index contributed by atoms with van der Waals surface area (Å²) < 4.78 is 37.3. The zero-order valence-electron chi connectivity index (χ0n) is 7.34. The third kappa shape index (κ3) is 2.23. The van der Waals surface area contributed by atoms with E-state index in [2.05, 4.69) is 4.98 Å². The van der Waals surface area contributed by atoms with Gasteiger partial charge in [-0.3, -0.25) is 4.98 Å². The van der Waals surface area contributed by atoms with Gasteiger partial charge in [-0.15, -0.1) is 0 Å². The predicted octanol–water partition coefficient (Wildman–Crippen LogP) is 2.04. The molecule has 0 saturated carbocycles. The van der Waals surface area contributed by atoms with Gasteiger partial charge in [0.2, 0.25) is 0 Å². The quantitative estimate of drug-likeness (QED) is 0.714. The molecule has 0 bridgehead atoms. The van der Waals surface area contributed by atoms with Gasteiger partial charge >= 0.3 is 6.18 Å². The van der Waals surface area contributed by atoms with E-state index >= 15 is 0 Å². The van der Waals surface area contributed by atoms with Crippen molar-refractivity contribution in [2.24, 2.45) is 0 Å². The lowest BCUT2D eigenvalue weighted by Crippen LogP contribution is -2.11. The zero-order valence-corrected chi connectivity index (χ0v) is 7.34. The number of alkyl halides is 3. The minimum Gasteiger partial charge on any atom is -0.263 e. The van der Waals surface area contributed by atoms with E-state index in [0.29, 0.717) is 6.20 Å². The number of rotatable bonds is 1. The van der Waals surface area contributed by atoms with Gasteiger partial charge in [0.05, 0.1) is 23.6 Å². The van der Waals surface area contributed by atoms with Crippen molar-refractivity contribution in [3.05, 3.63) is 29.1 Å². The van der Waals surface area contributed by atoms with Crippen molar-refractivity contribution in [3.8, 4) is 12.1 Å². The molecule has 1 rings (SSSR count). The summed E-state index contributed by atoms with van der Waals surface area (Å²) in [4.78, 5) is 3.31. The van der Waals surface area contributed by atoms with Crippen molar-refractivity contribution in [2.75, 3.05) is 0 Å². The maximum Gasteiger partial charge on any atom is 0.418 e. The lowest BCUT2D eigenvalue weighted by Gasteiger charge is -2.10. The molecule has 3 nitrogen and oxygen atoms in total. The van der Waals surface area contributed by atoms with Crippen LogP contribution in [0, 0.1) is 22.7 Å². The summed E-state index contributed by atoms with van der Waals surface area (Å²) in [6.07, 6.45) is -3.41. The van der Waals surface area contributed by atoms with Crippen molar-refractivity contribution in [1.29, 1.82) is 10.5 Å². The largest absolute Gasteiger partial charge is 0.418 e. The standard InChI is InChI=1S/C9H4F3N3/c10-9(11,12)8-5-15-4-6(3-14)7(8)1-2-13/h4-5H,1H2. The average Bonchev–Trinajstić information content (AvgIpc) is 2.17. The lowest BCUT2D eigenvalue weighted by molar-refractivity contribution is -0.138. The van der Waals surface area contributed by atoms with Crippen LogP contribution in [0.2, 0.25) is 0 Å². The maximum absolute atomic E-state index is 12.4. The first-order valence-corrected chi connectivity index (χ1v) is 3.82. The number of nitrogens with zero attached hydrogens (tertiary/aromatic N) is 3. The molecule has 0 aliphatic heterocycles. The molecule has 15 heavy (non-hydrogen) atoms.